The third-order valence-corrected chi connectivity index (χ3v) is 4.22. The number of nitrogens with one attached hydrogen (secondary N) is 1. The van der Waals surface area contributed by atoms with Crippen LogP contribution in [0.15, 0.2) is 60.7 Å². The molecule has 1 aliphatic rings. The number of carboxylic acids is 1. The summed E-state index contributed by atoms with van der Waals surface area (Å²) >= 11 is 0. The van der Waals surface area contributed by atoms with Gasteiger partial charge >= 0.3 is 12.1 Å². The Labute approximate surface area is 145 Å². The molecular formula is C20H19NO4. The van der Waals surface area contributed by atoms with Crippen molar-refractivity contribution in [2.24, 2.45) is 0 Å². The van der Waals surface area contributed by atoms with Gasteiger partial charge in [0.25, 0.3) is 0 Å². The number of hydrogen-bond acceptors (Lipinski definition) is 3. The number of rotatable bonds is 5. The second kappa shape index (κ2) is 7.21. The Balaban J connectivity index is 1.67. The molecule has 0 bridgehead atoms. The van der Waals surface area contributed by atoms with Crippen LogP contribution in [0, 0.1) is 0 Å². The largest absolute Gasteiger partial charge is 0.478 e. The Kier molecular flexibility index (Phi) is 4.84. The molecule has 128 valence electrons. The van der Waals surface area contributed by atoms with Crippen molar-refractivity contribution in [2.45, 2.75) is 18.9 Å². The highest BCUT2D eigenvalue weighted by Crippen LogP contribution is 2.44. The predicted octanol–water partition coefficient (Wildman–Crippen LogP) is 3.55. The molecule has 1 atom stereocenters. The van der Waals surface area contributed by atoms with Crippen LogP contribution in [-0.2, 0) is 9.53 Å². The molecule has 2 aromatic carbocycles. The monoisotopic (exact) mass is 337 g/mol. The van der Waals surface area contributed by atoms with Gasteiger partial charge in [0.2, 0.25) is 0 Å². The number of alkyl carbamates (subject to hydrolysis) is 1. The van der Waals surface area contributed by atoms with Crippen molar-refractivity contribution in [1.29, 1.82) is 0 Å². The first-order chi connectivity index (χ1) is 12.1. The summed E-state index contributed by atoms with van der Waals surface area (Å²) < 4.78 is 5.39. The Bertz CT molecular complexity index is 782. The summed E-state index contributed by atoms with van der Waals surface area (Å²) in [6, 6.07) is 15.8. The van der Waals surface area contributed by atoms with Crippen LogP contribution in [0.1, 0.15) is 24.0 Å². The Hall–Kier alpha value is -3.08. The van der Waals surface area contributed by atoms with Gasteiger partial charge in [-0.05, 0) is 29.2 Å². The molecule has 2 aromatic rings. The smallest absolute Gasteiger partial charge is 0.407 e. The molecule has 2 N–H and O–H groups in total. The summed E-state index contributed by atoms with van der Waals surface area (Å²) in [7, 11) is 0. The van der Waals surface area contributed by atoms with Crippen molar-refractivity contribution >= 4 is 12.1 Å². The molecule has 1 unspecified atom stereocenters. The van der Waals surface area contributed by atoms with Crippen LogP contribution in [0.3, 0.4) is 0 Å². The molecule has 0 radical (unpaired) electrons. The van der Waals surface area contributed by atoms with Gasteiger partial charge in [-0.2, -0.15) is 0 Å². The van der Waals surface area contributed by atoms with Crippen LogP contribution < -0.4 is 5.32 Å². The van der Waals surface area contributed by atoms with Crippen LogP contribution in [0.4, 0.5) is 4.79 Å². The molecule has 0 aliphatic heterocycles. The molecule has 1 amide bonds. The number of hydrogen-bond donors (Lipinski definition) is 2. The first kappa shape index (κ1) is 16.8. The van der Waals surface area contributed by atoms with Crippen molar-refractivity contribution in [3.8, 4) is 11.1 Å². The molecule has 5 heteroatoms. The lowest BCUT2D eigenvalue weighted by molar-refractivity contribution is -0.131. The molecule has 0 spiro atoms. The number of amides is 1. The summed E-state index contributed by atoms with van der Waals surface area (Å²) in [6.45, 7) is 1.91. The summed E-state index contributed by atoms with van der Waals surface area (Å²) in [5.74, 6) is -1.05. The molecule has 25 heavy (non-hydrogen) atoms. The van der Waals surface area contributed by atoms with Gasteiger partial charge in [-0.25, -0.2) is 9.59 Å². The number of benzene rings is 2. The summed E-state index contributed by atoms with van der Waals surface area (Å²) in [5, 5.41) is 11.2. The third kappa shape index (κ3) is 3.71. The summed E-state index contributed by atoms with van der Waals surface area (Å²) in [6.07, 6.45) is 1.82. The standard InChI is InChI=1S/C20H19NO4/c1-13(10-11-19(22)23)21-20(24)25-12-18-16-8-4-2-6-14(16)15-7-3-5-9-17(15)18/h2-11,13,18H,12H2,1H3,(H,21,24)(H,22,23)/b11-10+. The second-order valence-corrected chi connectivity index (χ2v) is 5.96. The molecule has 3 rings (SSSR count). The minimum Gasteiger partial charge on any atom is -0.478 e. The number of ether oxygens (including phenoxy) is 1. The molecule has 0 saturated carbocycles. The minimum absolute atomic E-state index is 0.00279. The van der Waals surface area contributed by atoms with E-state index in [4.69, 9.17) is 9.84 Å². The maximum Gasteiger partial charge on any atom is 0.407 e. The molecule has 0 saturated heterocycles. The molecule has 0 aromatic heterocycles. The van der Waals surface area contributed by atoms with E-state index in [2.05, 4.69) is 29.6 Å². The lowest BCUT2D eigenvalue weighted by atomic mass is 9.98. The number of carbonyl (C=O) groups is 2. The average Bonchev–Trinajstić information content (AvgIpc) is 2.92. The van der Waals surface area contributed by atoms with Gasteiger partial charge in [0.05, 0.1) is 0 Å². The van der Waals surface area contributed by atoms with E-state index in [0.29, 0.717) is 0 Å². The zero-order valence-electron chi connectivity index (χ0n) is 13.8. The molecular weight excluding hydrogens is 318 g/mol. The quantitative estimate of drug-likeness (QED) is 0.818. The predicted molar refractivity (Wildman–Crippen MR) is 94.4 cm³/mol. The normalized spacial score (nSPS) is 14.0. The van der Waals surface area contributed by atoms with Crippen molar-refractivity contribution in [3.63, 3.8) is 0 Å². The van der Waals surface area contributed by atoms with E-state index in [0.717, 1.165) is 17.2 Å². The lowest BCUT2D eigenvalue weighted by Gasteiger charge is -2.15. The molecule has 1 aliphatic carbocycles. The highest BCUT2D eigenvalue weighted by Gasteiger charge is 2.28. The van der Waals surface area contributed by atoms with Crippen LogP contribution >= 0.6 is 0 Å². The van der Waals surface area contributed by atoms with E-state index in [9.17, 15) is 9.59 Å². The van der Waals surface area contributed by atoms with E-state index >= 15 is 0 Å². The van der Waals surface area contributed by atoms with Gasteiger partial charge in [0, 0.05) is 18.0 Å². The van der Waals surface area contributed by atoms with Crippen molar-refractivity contribution in [2.75, 3.05) is 6.61 Å². The van der Waals surface area contributed by atoms with Crippen molar-refractivity contribution in [1.82, 2.24) is 5.32 Å². The van der Waals surface area contributed by atoms with Crippen LogP contribution in [0.5, 0.6) is 0 Å². The van der Waals surface area contributed by atoms with Crippen LogP contribution in [-0.4, -0.2) is 29.8 Å². The number of fused-ring (bicyclic) bond motifs is 3. The Morgan fingerprint density at radius 3 is 2.24 bits per heavy atom. The highest BCUT2D eigenvalue weighted by molar-refractivity contribution is 5.80. The average molecular weight is 337 g/mol. The zero-order chi connectivity index (χ0) is 17.8. The fraction of sp³-hybridized carbons (Fsp3) is 0.200. The SMILES string of the molecule is CC(/C=C/C(=O)O)NC(=O)OCC1c2ccccc2-c2ccccc21. The lowest BCUT2D eigenvalue weighted by Crippen LogP contribution is -2.32. The second-order valence-electron chi connectivity index (χ2n) is 5.96. The van der Waals surface area contributed by atoms with Crippen molar-refractivity contribution in [3.05, 3.63) is 71.8 Å². The van der Waals surface area contributed by atoms with Crippen molar-refractivity contribution < 1.29 is 19.4 Å². The van der Waals surface area contributed by atoms with Gasteiger partial charge < -0.3 is 15.2 Å². The van der Waals surface area contributed by atoms with Gasteiger partial charge in [-0.3, -0.25) is 0 Å². The topological polar surface area (TPSA) is 75.6 Å². The minimum atomic E-state index is -1.05. The van der Waals surface area contributed by atoms with E-state index in [1.165, 1.54) is 17.2 Å². The van der Waals surface area contributed by atoms with Gasteiger partial charge in [0.15, 0.2) is 0 Å². The molecule has 0 fully saturated rings. The fourth-order valence-corrected chi connectivity index (χ4v) is 3.10. The van der Waals surface area contributed by atoms with Gasteiger partial charge in [-0.1, -0.05) is 54.6 Å². The number of carbonyl (C=O) groups excluding carboxylic acids is 1. The van der Waals surface area contributed by atoms with E-state index in [-0.39, 0.29) is 12.5 Å². The maximum absolute atomic E-state index is 12.0. The highest BCUT2D eigenvalue weighted by atomic mass is 16.5. The number of aliphatic carboxylic acids is 1. The first-order valence-electron chi connectivity index (χ1n) is 8.09. The van der Waals surface area contributed by atoms with E-state index in [1.807, 2.05) is 24.3 Å². The Morgan fingerprint density at radius 1 is 1.12 bits per heavy atom. The van der Waals surface area contributed by atoms with Crippen LogP contribution in [0.25, 0.3) is 11.1 Å². The van der Waals surface area contributed by atoms with E-state index in [1.54, 1.807) is 6.92 Å². The van der Waals surface area contributed by atoms with E-state index < -0.39 is 18.1 Å². The fourth-order valence-electron chi connectivity index (χ4n) is 3.10. The first-order valence-corrected chi connectivity index (χ1v) is 8.09. The van der Waals surface area contributed by atoms with Gasteiger partial charge in [0.1, 0.15) is 6.61 Å². The van der Waals surface area contributed by atoms with Gasteiger partial charge in [-0.15, -0.1) is 0 Å². The third-order valence-electron chi connectivity index (χ3n) is 4.22. The molecule has 5 nitrogen and oxygen atoms in total. The maximum atomic E-state index is 12.0. The Morgan fingerprint density at radius 2 is 1.68 bits per heavy atom. The number of carboxylic acid groups (broad SMARTS) is 1. The summed E-state index contributed by atoms with van der Waals surface area (Å²) in [4.78, 5) is 22.5. The zero-order valence-corrected chi connectivity index (χ0v) is 13.8. The summed E-state index contributed by atoms with van der Waals surface area (Å²) in [5.41, 5.74) is 4.64. The molecule has 0 heterocycles. The van der Waals surface area contributed by atoms with Crippen LogP contribution in [0.2, 0.25) is 0 Å².